The molecule has 0 fully saturated rings. The highest BCUT2D eigenvalue weighted by Gasteiger charge is 2.08. The molecular formula is C12H13NO4. The lowest BCUT2D eigenvalue weighted by Gasteiger charge is -2.04. The molecule has 2 rings (SSSR count). The van der Waals surface area contributed by atoms with Crippen molar-refractivity contribution >= 4 is 16.9 Å². The van der Waals surface area contributed by atoms with Gasteiger partial charge in [-0.05, 0) is 18.1 Å². The summed E-state index contributed by atoms with van der Waals surface area (Å²) < 4.78 is 5.18. The monoisotopic (exact) mass is 235 g/mol. The summed E-state index contributed by atoms with van der Waals surface area (Å²) in [6.45, 7) is -0.291. The van der Waals surface area contributed by atoms with Crippen molar-refractivity contribution in [1.82, 2.24) is 4.98 Å². The molecule has 17 heavy (non-hydrogen) atoms. The fourth-order valence-corrected chi connectivity index (χ4v) is 1.77. The summed E-state index contributed by atoms with van der Waals surface area (Å²) in [4.78, 5) is 13.5. The molecule has 0 atom stereocenters. The van der Waals surface area contributed by atoms with Crippen molar-refractivity contribution < 1.29 is 19.7 Å². The van der Waals surface area contributed by atoms with E-state index in [1.165, 1.54) is 0 Å². The summed E-state index contributed by atoms with van der Waals surface area (Å²) in [6.07, 6.45) is 2.36. The third-order valence-corrected chi connectivity index (χ3v) is 2.50. The first-order chi connectivity index (χ1) is 8.22. The molecule has 0 spiro atoms. The fraction of sp³-hybridized carbons (Fsp3) is 0.250. The zero-order valence-corrected chi connectivity index (χ0v) is 9.14. The standard InChI is InChI=1S/C12H13NO4/c14-5-4-8-6-13-12-9(8)2-1-3-10(12)17-7-11(15)16/h1-3,6,13-14H,4-5,7H2,(H,15,16). The van der Waals surface area contributed by atoms with E-state index < -0.39 is 5.97 Å². The number of H-pyrrole nitrogens is 1. The largest absolute Gasteiger partial charge is 0.480 e. The van der Waals surface area contributed by atoms with E-state index in [0.717, 1.165) is 16.5 Å². The Balaban J connectivity index is 2.34. The Kier molecular flexibility index (Phi) is 3.30. The number of hydrogen-bond acceptors (Lipinski definition) is 3. The van der Waals surface area contributed by atoms with Crippen LogP contribution in [0.4, 0.5) is 0 Å². The van der Waals surface area contributed by atoms with Crippen LogP contribution in [0.5, 0.6) is 5.75 Å². The number of ether oxygens (including phenoxy) is 1. The molecule has 0 saturated heterocycles. The van der Waals surface area contributed by atoms with Crippen LogP contribution >= 0.6 is 0 Å². The minimum absolute atomic E-state index is 0.0766. The number of nitrogens with one attached hydrogen (secondary N) is 1. The molecule has 0 aliphatic heterocycles. The number of aromatic amines is 1. The van der Waals surface area contributed by atoms with Gasteiger partial charge in [0.25, 0.3) is 0 Å². The van der Waals surface area contributed by atoms with Gasteiger partial charge in [-0.3, -0.25) is 0 Å². The van der Waals surface area contributed by atoms with E-state index in [-0.39, 0.29) is 13.2 Å². The maximum absolute atomic E-state index is 10.4. The minimum Gasteiger partial charge on any atom is -0.480 e. The number of carboxylic acids is 1. The maximum atomic E-state index is 10.4. The molecule has 0 unspecified atom stereocenters. The molecule has 5 heteroatoms. The second-order valence-electron chi connectivity index (χ2n) is 3.65. The smallest absolute Gasteiger partial charge is 0.341 e. The maximum Gasteiger partial charge on any atom is 0.341 e. The van der Waals surface area contributed by atoms with E-state index in [1.54, 1.807) is 18.3 Å². The Hall–Kier alpha value is -2.01. The lowest BCUT2D eigenvalue weighted by molar-refractivity contribution is -0.139. The summed E-state index contributed by atoms with van der Waals surface area (Å²) in [7, 11) is 0. The molecule has 2 aromatic rings. The molecule has 5 nitrogen and oxygen atoms in total. The predicted molar refractivity (Wildman–Crippen MR) is 62.2 cm³/mol. The van der Waals surface area contributed by atoms with Gasteiger partial charge in [0.15, 0.2) is 6.61 Å². The van der Waals surface area contributed by atoms with Crippen molar-refractivity contribution in [2.45, 2.75) is 6.42 Å². The Morgan fingerprint density at radius 2 is 2.24 bits per heavy atom. The van der Waals surface area contributed by atoms with Crippen LogP contribution in [0.1, 0.15) is 5.56 Å². The van der Waals surface area contributed by atoms with Crippen LogP contribution in [0, 0.1) is 0 Å². The molecule has 0 amide bonds. The van der Waals surface area contributed by atoms with Gasteiger partial charge >= 0.3 is 5.97 Å². The minimum atomic E-state index is -1.01. The van der Waals surface area contributed by atoms with E-state index in [2.05, 4.69) is 4.98 Å². The number of para-hydroxylation sites is 1. The van der Waals surface area contributed by atoms with Gasteiger partial charge in [-0.1, -0.05) is 12.1 Å². The van der Waals surface area contributed by atoms with Crippen LogP contribution in [-0.4, -0.2) is 34.4 Å². The lowest BCUT2D eigenvalue weighted by Crippen LogP contribution is -2.09. The summed E-state index contributed by atoms with van der Waals surface area (Å²) >= 11 is 0. The zero-order chi connectivity index (χ0) is 12.3. The Morgan fingerprint density at radius 3 is 2.94 bits per heavy atom. The first kappa shape index (κ1) is 11.5. The molecule has 1 aromatic carbocycles. The second-order valence-corrected chi connectivity index (χ2v) is 3.65. The number of aliphatic hydroxyl groups is 1. The Labute approximate surface area is 97.6 Å². The number of hydrogen-bond donors (Lipinski definition) is 3. The van der Waals surface area contributed by atoms with Crippen molar-refractivity contribution in [3.8, 4) is 5.75 Å². The fourth-order valence-electron chi connectivity index (χ4n) is 1.77. The molecule has 0 aliphatic rings. The quantitative estimate of drug-likeness (QED) is 0.726. The molecular weight excluding hydrogens is 222 g/mol. The van der Waals surface area contributed by atoms with Crippen LogP contribution in [0.15, 0.2) is 24.4 Å². The van der Waals surface area contributed by atoms with Gasteiger partial charge in [-0.25, -0.2) is 4.79 Å². The number of aliphatic hydroxyl groups excluding tert-OH is 1. The average Bonchev–Trinajstić information content (AvgIpc) is 2.71. The number of aliphatic carboxylic acids is 1. The first-order valence-electron chi connectivity index (χ1n) is 5.27. The normalized spacial score (nSPS) is 10.6. The zero-order valence-electron chi connectivity index (χ0n) is 9.14. The number of benzene rings is 1. The number of carbonyl (C=O) groups is 1. The van der Waals surface area contributed by atoms with Crippen LogP contribution in [-0.2, 0) is 11.2 Å². The summed E-state index contributed by atoms with van der Waals surface area (Å²) in [6, 6.07) is 5.42. The van der Waals surface area contributed by atoms with Crippen LogP contribution in [0.3, 0.4) is 0 Å². The molecule has 0 saturated carbocycles. The molecule has 1 heterocycles. The number of rotatable bonds is 5. The van der Waals surface area contributed by atoms with Crippen molar-refractivity contribution in [3.63, 3.8) is 0 Å². The van der Waals surface area contributed by atoms with Crippen molar-refractivity contribution in [2.24, 2.45) is 0 Å². The highest BCUT2D eigenvalue weighted by Crippen LogP contribution is 2.27. The third kappa shape index (κ3) is 2.39. The highest BCUT2D eigenvalue weighted by atomic mass is 16.5. The highest BCUT2D eigenvalue weighted by molar-refractivity contribution is 5.88. The van der Waals surface area contributed by atoms with Gasteiger partial charge in [-0.2, -0.15) is 0 Å². The van der Waals surface area contributed by atoms with Crippen LogP contribution in [0.2, 0.25) is 0 Å². The Morgan fingerprint density at radius 1 is 1.41 bits per heavy atom. The average molecular weight is 235 g/mol. The van der Waals surface area contributed by atoms with Gasteiger partial charge in [-0.15, -0.1) is 0 Å². The van der Waals surface area contributed by atoms with Crippen molar-refractivity contribution in [3.05, 3.63) is 30.0 Å². The summed E-state index contributed by atoms with van der Waals surface area (Å²) in [5, 5.41) is 18.4. The molecule has 3 N–H and O–H groups in total. The topological polar surface area (TPSA) is 82.6 Å². The van der Waals surface area contributed by atoms with Gasteiger partial charge in [0.1, 0.15) is 5.75 Å². The van der Waals surface area contributed by atoms with Crippen molar-refractivity contribution in [2.75, 3.05) is 13.2 Å². The molecule has 1 aromatic heterocycles. The van der Waals surface area contributed by atoms with E-state index in [4.69, 9.17) is 14.9 Å². The molecule has 0 bridgehead atoms. The van der Waals surface area contributed by atoms with Gasteiger partial charge < -0.3 is 19.9 Å². The van der Waals surface area contributed by atoms with Crippen LogP contribution < -0.4 is 4.74 Å². The van der Waals surface area contributed by atoms with E-state index >= 15 is 0 Å². The molecule has 0 radical (unpaired) electrons. The van der Waals surface area contributed by atoms with Gasteiger partial charge in [0.05, 0.1) is 5.52 Å². The molecule has 90 valence electrons. The first-order valence-corrected chi connectivity index (χ1v) is 5.27. The predicted octanol–water partition coefficient (Wildman–Crippen LogP) is 1.17. The lowest BCUT2D eigenvalue weighted by atomic mass is 10.1. The van der Waals surface area contributed by atoms with Crippen LogP contribution in [0.25, 0.3) is 10.9 Å². The number of carboxylic acid groups (broad SMARTS) is 1. The van der Waals surface area contributed by atoms with Crippen molar-refractivity contribution in [1.29, 1.82) is 0 Å². The van der Waals surface area contributed by atoms with E-state index in [9.17, 15) is 4.79 Å². The summed E-state index contributed by atoms with van der Waals surface area (Å²) in [5.41, 5.74) is 1.75. The second kappa shape index (κ2) is 4.88. The number of fused-ring (bicyclic) bond motifs is 1. The third-order valence-electron chi connectivity index (χ3n) is 2.50. The van der Waals surface area contributed by atoms with Gasteiger partial charge in [0, 0.05) is 18.2 Å². The van der Waals surface area contributed by atoms with E-state index in [1.807, 2.05) is 6.07 Å². The summed E-state index contributed by atoms with van der Waals surface area (Å²) in [5.74, 6) is -0.502. The molecule has 0 aliphatic carbocycles. The van der Waals surface area contributed by atoms with Gasteiger partial charge in [0.2, 0.25) is 0 Å². The number of aromatic nitrogens is 1. The SMILES string of the molecule is O=C(O)COc1cccc2c(CCO)c[nH]c12. The Bertz CT molecular complexity index is 532. The van der Waals surface area contributed by atoms with E-state index in [0.29, 0.717) is 12.2 Å².